The maximum Gasteiger partial charge on any atom is 0.254 e. The van der Waals surface area contributed by atoms with Gasteiger partial charge in [0.05, 0.1) is 19.5 Å². The lowest BCUT2D eigenvalue weighted by atomic mass is 10.3. The summed E-state index contributed by atoms with van der Waals surface area (Å²) in [6.07, 6.45) is 3.58. The predicted octanol–water partition coefficient (Wildman–Crippen LogP) is 0.894. The molecule has 6 nitrogen and oxygen atoms in total. The first-order valence-corrected chi connectivity index (χ1v) is 4.97. The lowest BCUT2D eigenvalue weighted by molar-refractivity contribution is 0.342. The highest BCUT2D eigenvalue weighted by Gasteiger charge is 2.10. The van der Waals surface area contributed by atoms with Crippen LogP contribution in [0.4, 0.5) is 0 Å². The molecular formula is C10H14N4O2. The number of hydrogen-bond donors (Lipinski definition) is 1. The lowest BCUT2D eigenvalue weighted by Gasteiger charge is -2.03. The number of nitrogens with two attached hydrogens (primary N) is 1. The van der Waals surface area contributed by atoms with Crippen molar-refractivity contribution in [2.75, 3.05) is 7.11 Å². The second kappa shape index (κ2) is 4.36. The summed E-state index contributed by atoms with van der Waals surface area (Å²) in [5, 5.41) is 3.71. The normalized spacial score (nSPS) is 12.7. The van der Waals surface area contributed by atoms with Gasteiger partial charge in [0, 0.05) is 18.8 Å². The summed E-state index contributed by atoms with van der Waals surface area (Å²) in [5.41, 5.74) is 6.41. The van der Waals surface area contributed by atoms with Crippen LogP contribution in [0, 0.1) is 0 Å². The van der Waals surface area contributed by atoms with Crippen molar-refractivity contribution in [2.24, 2.45) is 5.73 Å². The van der Waals surface area contributed by atoms with Gasteiger partial charge in [0.2, 0.25) is 0 Å². The van der Waals surface area contributed by atoms with Gasteiger partial charge in [-0.3, -0.25) is 0 Å². The first-order chi connectivity index (χ1) is 7.69. The van der Waals surface area contributed by atoms with Crippen LogP contribution in [0.1, 0.15) is 6.92 Å². The molecule has 6 heteroatoms. The molecule has 0 aliphatic heterocycles. The van der Waals surface area contributed by atoms with E-state index in [1.165, 1.54) is 7.11 Å². The summed E-state index contributed by atoms with van der Waals surface area (Å²) >= 11 is 0. The quantitative estimate of drug-likeness (QED) is 0.831. The van der Waals surface area contributed by atoms with E-state index >= 15 is 0 Å². The summed E-state index contributed by atoms with van der Waals surface area (Å²) in [4.78, 5) is 4.21. The van der Waals surface area contributed by atoms with Crippen LogP contribution in [0.25, 0.3) is 11.5 Å². The molecule has 0 saturated carbocycles. The predicted molar refractivity (Wildman–Crippen MR) is 57.9 cm³/mol. The maximum atomic E-state index is 5.69. The van der Waals surface area contributed by atoms with Gasteiger partial charge < -0.3 is 19.6 Å². The molecule has 2 aromatic heterocycles. The SMILES string of the molecule is COc1cc(-c2cn(CC(C)N)cn2)on1. The smallest absolute Gasteiger partial charge is 0.254 e. The van der Waals surface area contributed by atoms with Gasteiger partial charge in [-0.1, -0.05) is 0 Å². The Hall–Kier alpha value is -1.82. The zero-order valence-electron chi connectivity index (χ0n) is 9.25. The molecule has 1 unspecified atom stereocenters. The van der Waals surface area contributed by atoms with E-state index in [9.17, 15) is 0 Å². The Morgan fingerprint density at radius 3 is 3.06 bits per heavy atom. The molecule has 0 radical (unpaired) electrons. The third-order valence-corrected chi connectivity index (χ3v) is 2.08. The standard InChI is InChI=1S/C10H14N4O2/c1-7(11)4-14-5-8(12-6-14)9-3-10(15-2)13-16-9/h3,5-7H,4,11H2,1-2H3. The van der Waals surface area contributed by atoms with E-state index in [0.29, 0.717) is 11.6 Å². The number of nitrogens with zero attached hydrogens (tertiary/aromatic N) is 3. The second-order valence-corrected chi connectivity index (χ2v) is 3.67. The number of imidazole rings is 1. The van der Waals surface area contributed by atoms with Crippen molar-refractivity contribution >= 4 is 0 Å². The summed E-state index contributed by atoms with van der Waals surface area (Å²) in [6.45, 7) is 2.66. The Bertz CT molecular complexity index is 461. The third-order valence-electron chi connectivity index (χ3n) is 2.08. The molecule has 0 bridgehead atoms. The van der Waals surface area contributed by atoms with E-state index in [2.05, 4.69) is 10.1 Å². The van der Waals surface area contributed by atoms with Crippen molar-refractivity contribution in [1.82, 2.24) is 14.7 Å². The van der Waals surface area contributed by atoms with E-state index in [0.717, 1.165) is 12.2 Å². The van der Waals surface area contributed by atoms with E-state index in [4.69, 9.17) is 15.0 Å². The van der Waals surface area contributed by atoms with Crippen LogP contribution < -0.4 is 10.5 Å². The van der Waals surface area contributed by atoms with E-state index in [-0.39, 0.29) is 6.04 Å². The van der Waals surface area contributed by atoms with Gasteiger partial charge in [0.1, 0.15) is 5.69 Å². The average Bonchev–Trinajstić information content (AvgIpc) is 2.83. The number of rotatable bonds is 4. The first-order valence-electron chi connectivity index (χ1n) is 4.97. The molecule has 0 amide bonds. The minimum atomic E-state index is 0.0892. The molecule has 0 fully saturated rings. The fourth-order valence-corrected chi connectivity index (χ4v) is 1.40. The highest BCUT2D eigenvalue weighted by Crippen LogP contribution is 2.21. The highest BCUT2D eigenvalue weighted by molar-refractivity contribution is 5.51. The minimum absolute atomic E-state index is 0.0892. The van der Waals surface area contributed by atoms with Crippen molar-refractivity contribution in [2.45, 2.75) is 19.5 Å². The molecule has 0 spiro atoms. The Labute approximate surface area is 93.0 Å². The zero-order chi connectivity index (χ0) is 11.5. The van der Waals surface area contributed by atoms with Crippen molar-refractivity contribution in [3.8, 4) is 17.3 Å². The average molecular weight is 222 g/mol. The lowest BCUT2D eigenvalue weighted by Crippen LogP contribution is -2.21. The molecule has 0 aromatic carbocycles. The van der Waals surface area contributed by atoms with Crippen LogP contribution in [0.2, 0.25) is 0 Å². The molecule has 0 saturated heterocycles. The summed E-state index contributed by atoms with van der Waals surface area (Å²) in [5.74, 6) is 1.03. The fourth-order valence-electron chi connectivity index (χ4n) is 1.40. The van der Waals surface area contributed by atoms with Crippen LogP contribution in [0.15, 0.2) is 23.1 Å². The van der Waals surface area contributed by atoms with Crippen molar-refractivity contribution in [1.29, 1.82) is 0 Å². The summed E-state index contributed by atoms with van der Waals surface area (Å²) in [7, 11) is 1.54. The maximum absolute atomic E-state index is 5.69. The molecule has 0 aliphatic rings. The molecule has 2 N–H and O–H groups in total. The molecule has 2 rings (SSSR count). The van der Waals surface area contributed by atoms with Crippen molar-refractivity contribution < 1.29 is 9.26 Å². The van der Waals surface area contributed by atoms with Crippen LogP contribution in [0.3, 0.4) is 0 Å². The monoisotopic (exact) mass is 222 g/mol. The van der Waals surface area contributed by atoms with Crippen LogP contribution in [0.5, 0.6) is 5.88 Å². The molecular weight excluding hydrogens is 208 g/mol. The molecule has 1 atom stereocenters. The number of aromatic nitrogens is 3. The van der Waals surface area contributed by atoms with Gasteiger partial charge in [-0.05, 0) is 12.1 Å². The Kier molecular flexibility index (Phi) is 2.91. The van der Waals surface area contributed by atoms with Crippen LogP contribution in [-0.4, -0.2) is 27.9 Å². The molecule has 2 aromatic rings. The van der Waals surface area contributed by atoms with Crippen molar-refractivity contribution in [3.63, 3.8) is 0 Å². The van der Waals surface area contributed by atoms with Gasteiger partial charge in [-0.25, -0.2) is 4.98 Å². The van der Waals surface area contributed by atoms with Gasteiger partial charge in [-0.2, -0.15) is 0 Å². The number of ether oxygens (including phenoxy) is 1. The van der Waals surface area contributed by atoms with Gasteiger partial charge >= 0.3 is 0 Å². The first kappa shape index (κ1) is 10.7. The number of hydrogen-bond acceptors (Lipinski definition) is 5. The van der Waals surface area contributed by atoms with Crippen molar-refractivity contribution in [3.05, 3.63) is 18.6 Å². The largest absolute Gasteiger partial charge is 0.479 e. The third kappa shape index (κ3) is 2.22. The highest BCUT2D eigenvalue weighted by atomic mass is 16.5. The Morgan fingerprint density at radius 1 is 1.62 bits per heavy atom. The van der Waals surface area contributed by atoms with E-state index in [1.807, 2.05) is 17.7 Å². The zero-order valence-corrected chi connectivity index (χ0v) is 9.25. The summed E-state index contributed by atoms with van der Waals surface area (Å²) in [6, 6.07) is 1.78. The van der Waals surface area contributed by atoms with Crippen LogP contribution >= 0.6 is 0 Å². The fraction of sp³-hybridized carbons (Fsp3) is 0.400. The Balaban J connectivity index is 2.17. The van der Waals surface area contributed by atoms with Gasteiger partial charge in [0.25, 0.3) is 5.88 Å². The Morgan fingerprint density at radius 2 is 2.44 bits per heavy atom. The van der Waals surface area contributed by atoms with E-state index in [1.54, 1.807) is 12.4 Å². The summed E-state index contributed by atoms with van der Waals surface area (Å²) < 4.78 is 11.9. The molecule has 2 heterocycles. The van der Waals surface area contributed by atoms with Gasteiger partial charge in [-0.15, -0.1) is 0 Å². The van der Waals surface area contributed by atoms with Crippen LogP contribution in [-0.2, 0) is 6.54 Å². The van der Waals surface area contributed by atoms with Gasteiger partial charge in [0.15, 0.2) is 5.76 Å². The molecule has 86 valence electrons. The van der Waals surface area contributed by atoms with E-state index < -0.39 is 0 Å². The number of methoxy groups -OCH3 is 1. The molecule has 0 aliphatic carbocycles. The molecule has 16 heavy (non-hydrogen) atoms. The topological polar surface area (TPSA) is 79.1 Å². The minimum Gasteiger partial charge on any atom is -0.479 e. The second-order valence-electron chi connectivity index (χ2n) is 3.67.